The summed E-state index contributed by atoms with van der Waals surface area (Å²) in [6, 6.07) is 0.0327. The third-order valence-electron chi connectivity index (χ3n) is 5.01. The highest BCUT2D eigenvalue weighted by Crippen LogP contribution is 2.23. The number of aromatic amines is 1. The van der Waals surface area contributed by atoms with Gasteiger partial charge in [-0.25, -0.2) is 4.98 Å². The molecule has 7 heteroatoms. The molecule has 0 spiro atoms. The molecule has 2 saturated heterocycles. The van der Waals surface area contributed by atoms with Crippen LogP contribution in [0, 0.1) is 0 Å². The van der Waals surface area contributed by atoms with Crippen molar-refractivity contribution in [1.82, 2.24) is 25.0 Å². The molecule has 2 aliphatic rings. The minimum atomic E-state index is -0.219. The number of carbonyl (C=O) groups is 1. The van der Waals surface area contributed by atoms with E-state index in [2.05, 4.69) is 33.9 Å². The fraction of sp³-hybridized carbons (Fsp3) is 0.824. The quantitative estimate of drug-likeness (QED) is 0.883. The SMILES string of the molecule is CCCc1nc([C@@H]2CN(C(=O)[C@@H]3CCCCN3CC)CCO2)n[nH]1. The summed E-state index contributed by atoms with van der Waals surface area (Å²) < 4.78 is 5.82. The number of aromatic nitrogens is 3. The molecule has 24 heavy (non-hydrogen) atoms. The number of H-pyrrole nitrogens is 1. The van der Waals surface area contributed by atoms with Crippen LogP contribution in [-0.2, 0) is 16.0 Å². The average Bonchev–Trinajstić information content (AvgIpc) is 3.10. The first kappa shape index (κ1) is 17.4. The van der Waals surface area contributed by atoms with Gasteiger partial charge in [0.25, 0.3) is 0 Å². The number of morpholine rings is 1. The van der Waals surface area contributed by atoms with Crippen molar-refractivity contribution >= 4 is 5.91 Å². The van der Waals surface area contributed by atoms with Crippen molar-refractivity contribution < 1.29 is 9.53 Å². The number of carbonyl (C=O) groups excluding carboxylic acids is 1. The minimum absolute atomic E-state index is 0.0327. The molecule has 1 aromatic heterocycles. The van der Waals surface area contributed by atoms with E-state index in [1.807, 2.05) is 4.90 Å². The zero-order chi connectivity index (χ0) is 16.9. The van der Waals surface area contributed by atoms with Crippen molar-refractivity contribution in [2.45, 2.75) is 58.1 Å². The first-order valence-corrected chi connectivity index (χ1v) is 9.28. The number of piperidine rings is 1. The van der Waals surface area contributed by atoms with Crippen LogP contribution in [0.3, 0.4) is 0 Å². The van der Waals surface area contributed by atoms with Crippen molar-refractivity contribution in [1.29, 1.82) is 0 Å². The van der Waals surface area contributed by atoms with Gasteiger partial charge in [-0.1, -0.05) is 20.3 Å². The first-order chi connectivity index (χ1) is 11.7. The molecule has 1 aromatic rings. The van der Waals surface area contributed by atoms with E-state index in [0.717, 1.165) is 44.6 Å². The molecule has 3 rings (SSSR count). The van der Waals surface area contributed by atoms with Crippen LogP contribution in [0.15, 0.2) is 0 Å². The van der Waals surface area contributed by atoms with E-state index in [9.17, 15) is 4.79 Å². The van der Waals surface area contributed by atoms with Crippen LogP contribution in [0.5, 0.6) is 0 Å². The molecule has 0 bridgehead atoms. The third-order valence-corrected chi connectivity index (χ3v) is 5.01. The molecule has 2 aliphatic heterocycles. The number of hydrogen-bond acceptors (Lipinski definition) is 5. The van der Waals surface area contributed by atoms with E-state index in [0.29, 0.717) is 25.5 Å². The highest BCUT2D eigenvalue weighted by molar-refractivity contribution is 5.82. The van der Waals surface area contributed by atoms with E-state index in [1.165, 1.54) is 6.42 Å². The molecule has 0 saturated carbocycles. The van der Waals surface area contributed by atoms with Gasteiger partial charge in [-0.3, -0.25) is 14.8 Å². The monoisotopic (exact) mass is 335 g/mol. The van der Waals surface area contributed by atoms with E-state index < -0.39 is 0 Å². The van der Waals surface area contributed by atoms with Gasteiger partial charge in [0.1, 0.15) is 11.9 Å². The van der Waals surface area contributed by atoms with Crippen LogP contribution in [-0.4, -0.2) is 69.7 Å². The summed E-state index contributed by atoms with van der Waals surface area (Å²) >= 11 is 0. The number of amides is 1. The molecule has 1 N–H and O–H groups in total. The smallest absolute Gasteiger partial charge is 0.240 e. The largest absolute Gasteiger partial charge is 0.366 e. The fourth-order valence-electron chi connectivity index (χ4n) is 3.67. The summed E-state index contributed by atoms with van der Waals surface area (Å²) in [5, 5.41) is 7.26. The number of aryl methyl sites for hydroxylation is 1. The van der Waals surface area contributed by atoms with Crippen LogP contribution in [0.4, 0.5) is 0 Å². The predicted molar refractivity (Wildman–Crippen MR) is 90.5 cm³/mol. The zero-order valence-electron chi connectivity index (χ0n) is 14.8. The van der Waals surface area contributed by atoms with Crippen LogP contribution in [0.2, 0.25) is 0 Å². The lowest BCUT2D eigenvalue weighted by molar-refractivity contribution is -0.146. The van der Waals surface area contributed by atoms with Gasteiger partial charge in [0, 0.05) is 13.0 Å². The van der Waals surface area contributed by atoms with Crippen molar-refractivity contribution in [3.05, 3.63) is 11.6 Å². The van der Waals surface area contributed by atoms with Crippen molar-refractivity contribution in [3.63, 3.8) is 0 Å². The first-order valence-electron chi connectivity index (χ1n) is 9.28. The number of likely N-dealkylation sites (tertiary alicyclic amines) is 1. The Balaban J connectivity index is 1.64. The molecule has 0 aliphatic carbocycles. The Morgan fingerprint density at radius 3 is 3.00 bits per heavy atom. The molecular formula is C17H29N5O2. The van der Waals surface area contributed by atoms with Crippen molar-refractivity contribution in [3.8, 4) is 0 Å². The zero-order valence-corrected chi connectivity index (χ0v) is 14.8. The maximum atomic E-state index is 13.0. The van der Waals surface area contributed by atoms with Crippen LogP contribution >= 0.6 is 0 Å². The topological polar surface area (TPSA) is 74.3 Å². The van der Waals surface area contributed by atoms with Gasteiger partial charge in [0.2, 0.25) is 5.91 Å². The minimum Gasteiger partial charge on any atom is -0.366 e. The predicted octanol–water partition coefficient (Wildman–Crippen LogP) is 1.53. The Morgan fingerprint density at radius 1 is 1.33 bits per heavy atom. The molecule has 7 nitrogen and oxygen atoms in total. The lowest BCUT2D eigenvalue weighted by Crippen LogP contribution is -2.53. The van der Waals surface area contributed by atoms with Crippen LogP contribution in [0.25, 0.3) is 0 Å². The van der Waals surface area contributed by atoms with Gasteiger partial charge >= 0.3 is 0 Å². The Hall–Kier alpha value is -1.47. The highest BCUT2D eigenvalue weighted by Gasteiger charge is 2.35. The van der Waals surface area contributed by atoms with Gasteiger partial charge in [-0.2, -0.15) is 5.10 Å². The molecule has 2 atom stereocenters. The Kier molecular flexibility index (Phi) is 5.84. The Labute approximate surface area is 143 Å². The lowest BCUT2D eigenvalue weighted by Gasteiger charge is -2.39. The maximum absolute atomic E-state index is 13.0. The van der Waals surface area contributed by atoms with Gasteiger partial charge in [0.15, 0.2) is 5.82 Å². The average molecular weight is 335 g/mol. The second kappa shape index (κ2) is 8.07. The van der Waals surface area contributed by atoms with Crippen molar-refractivity contribution in [2.75, 3.05) is 32.8 Å². The second-order valence-corrected chi connectivity index (χ2v) is 6.67. The number of nitrogens with zero attached hydrogens (tertiary/aromatic N) is 4. The lowest BCUT2D eigenvalue weighted by atomic mass is 10.0. The number of nitrogens with one attached hydrogen (secondary N) is 1. The van der Waals surface area contributed by atoms with E-state index in [4.69, 9.17) is 4.74 Å². The molecule has 134 valence electrons. The third kappa shape index (κ3) is 3.78. The van der Waals surface area contributed by atoms with Crippen LogP contribution < -0.4 is 0 Å². The molecule has 0 unspecified atom stereocenters. The molecule has 0 aromatic carbocycles. The standard InChI is InChI=1S/C17H29N5O2/c1-3-7-15-18-16(20-19-15)14-12-22(10-11-24-14)17(23)13-8-5-6-9-21(13)4-2/h13-14H,3-12H2,1-2H3,(H,18,19,20)/t13-,14-/m0/s1. The summed E-state index contributed by atoms with van der Waals surface area (Å²) in [6.45, 7) is 7.98. The fourth-order valence-corrected chi connectivity index (χ4v) is 3.67. The highest BCUT2D eigenvalue weighted by atomic mass is 16.5. The second-order valence-electron chi connectivity index (χ2n) is 6.67. The molecule has 2 fully saturated rings. The summed E-state index contributed by atoms with van der Waals surface area (Å²) in [5.41, 5.74) is 0. The van der Waals surface area contributed by atoms with E-state index in [-0.39, 0.29) is 18.1 Å². The number of hydrogen-bond donors (Lipinski definition) is 1. The van der Waals surface area contributed by atoms with E-state index >= 15 is 0 Å². The maximum Gasteiger partial charge on any atom is 0.240 e. The normalized spacial score (nSPS) is 25.8. The molecular weight excluding hydrogens is 306 g/mol. The van der Waals surface area contributed by atoms with Gasteiger partial charge in [-0.05, 0) is 32.4 Å². The van der Waals surface area contributed by atoms with Gasteiger partial charge in [-0.15, -0.1) is 0 Å². The summed E-state index contributed by atoms with van der Waals surface area (Å²) in [7, 11) is 0. The summed E-state index contributed by atoms with van der Waals surface area (Å²) in [6.07, 6.45) is 5.00. The summed E-state index contributed by atoms with van der Waals surface area (Å²) in [5.74, 6) is 1.81. The molecule has 3 heterocycles. The number of rotatable bonds is 5. The van der Waals surface area contributed by atoms with E-state index in [1.54, 1.807) is 0 Å². The van der Waals surface area contributed by atoms with Crippen LogP contribution in [0.1, 0.15) is 57.3 Å². The Bertz CT molecular complexity index is 547. The molecule has 1 amide bonds. The van der Waals surface area contributed by atoms with Gasteiger partial charge < -0.3 is 9.64 Å². The van der Waals surface area contributed by atoms with Crippen molar-refractivity contribution in [2.24, 2.45) is 0 Å². The van der Waals surface area contributed by atoms with Gasteiger partial charge in [0.05, 0.1) is 19.2 Å². The molecule has 0 radical (unpaired) electrons. The summed E-state index contributed by atoms with van der Waals surface area (Å²) in [4.78, 5) is 21.8. The number of ether oxygens (including phenoxy) is 1. The Morgan fingerprint density at radius 2 is 2.21 bits per heavy atom. The number of likely N-dealkylation sites (N-methyl/N-ethyl adjacent to an activating group) is 1.